The highest BCUT2D eigenvalue weighted by Crippen LogP contribution is 2.33. The third-order valence-corrected chi connectivity index (χ3v) is 2.71. The summed E-state index contributed by atoms with van der Waals surface area (Å²) in [4.78, 5) is 0. The summed E-state index contributed by atoms with van der Waals surface area (Å²) in [7, 11) is 0. The molecule has 1 aliphatic heterocycles. The zero-order chi connectivity index (χ0) is 11.5. The monoisotopic (exact) mass is 203 g/mol. The average Bonchev–Trinajstić information content (AvgIpc) is 2.10. The van der Waals surface area contributed by atoms with Crippen LogP contribution in [0.2, 0.25) is 0 Å². The largest absolute Gasteiger partial charge is 0.380 e. The molecular formula is C14H21N. The summed E-state index contributed by atoms with van der Waals surface area (Å²) in [6, 6.07) is 0. The lowest BCUT2D eigenvalue weighted by atomic mass is 9.80. The lowest BCUT2D eigenvalue weighted by molar-refractivity contribution is 0.322. The second-order valence-corrected chi connectivity index (χ2v) is 4.79. The standard InChI is InChI=1S/C14H21N/c1-6-8-12-11(3)10-14(4,5)15-13(12)9-7-2/h6-9,11,15H,1-2,10H2,3-5H3/b12-8-,13-9+. The van der Waals surface area contributed by atoms with Gasteiger partial charge < -0.3 is 5.32 Å². The fourth-order valence-electron chi connectivity index (χ4n) is 2.27. The van der Waals surface area contributed by atoms with E-state index in [1.807, 2.05) is 18.2 Å². The Morgan fingerprint density at radius 2 is 1.87 bits per heavy atom. The predicted molar refractivity (Wildman–Crippen MR) is 67.6 cm³/mol. The molecule has 82 valence electrons. The number of piperidine rings is 1. The molecule has 0 aromatic rings. The van der Waals surface area contributed by atoms with E-state index in [1.165, 1.54) is 11.3 Å². The van der Waals surface area contributed by atoms with E-state index in [1.54, 1.807) is 0 Å². The van der Waals surface area contributed by atoms with Gasteiger partial charge in [0.25, 0.3) is 0 Å². The van der Waals surface area contributed by atoms with E-state index in [0.717, 1.165) is 6.42 Å². The molecular weight excluding hydrogens is 182 g/mol. The molecule has 1 aliphatic rings. The molecule has 0 spiro atoms. The van der Waals surface area contributed by atoms with Crippen LogP contribution in [0, 0.1) is 5.92 Å². The van der Waals surface area contributed by atoms with E-state index >= 15 is 0 Å². The number of rotatable bonds is 2. The van der Waals surface area contributed by atoms with Gasteiger partial charge in [-0.3, -0.25) is 0 Å². The molecule has 0 bridgehead atoms. The Bertz CT molecular complexity index is 318. The first-order valence-electron chi connectivity index (χ1n) is 5.44. The van der Waals surface area contributed by atoms with Crippen molar-refractivity contribution in [2.45, 2.75) is 32.7 Å². The molecule has 1 heteroatoms. The van der Waals surface area contributed by atoms with Crippen LogP contribution >= 0.6 is 0 Å². The van der Waals surface area contributed by atoms with Crippen LogP contribution in [-0.2, 0) is 0 Å². The number of hydrogen-bond donors (Lipinski definition) is 1. The average molecular weight is 203 g/mol. The van der Waals surface area contributed by atoms with E-state index in [-0.39, 0.29) is 5.54 Å². The van der Waals surface area contributed by atoms with Crippen molar-refractivity contribution in [3.8, 4) is 0 Å². The van der Waals surface area contributed by atoms with Crippen LogP contribution in [-0.4, -0.2) is 5.54 Å². The van der Waals surface area contributed by atoms with Crippen molar-refractivity contribution < 1.29 is 0 Å². The Morgan fingerprint density at radius 3 is 2.40 bits per heavy atom. The van der Waals surface area contributed by atoms with Gasteiger partial charge in [0.05, 0.1) is 0 Å². The summed E-state index contributed by atoms with van der Waals surface area (Å²) < 4.78 is 0. The van der Waals surface area contributed by atoms with E-state index < -0.39 is 0 Å². The number of allylic oxidation sites excluding steroid dienone is 5. The van der Waals surface area contributed by atoms with Crippen molar-refractivity contribution in [3.63, 3.8) is 0 Å². The second-order valence-electron chi connectivity index (χ2n) is 4.79. The van der Waals surface area contributed by atoms with Gasteiger partial charge in [0.1, 0.15) is 0 Å². The summed E-state index contributed by atoms with van der Waals surface area (Å²) in [5, 5.41) is 3.53. The minimum absolute atomic E-state index is 0.159. The minimum atomic E-state index is 0.159. The molecule has 0 aromatic heterocycles. The van der Waals surface area contributed by atoms with Crippen molar-refractivity contribution in [2.75, 3.05) is 0 Å². The van der Waals surface area contributed by atoms with Gasteiger partial charge in [-0.1, -0.05) is 38.3 Å². The second kappa shape index (κ2) is 4.52. The van der Waals surface area contributed by atoms with Crippen LogP contribution in [0.1, 0.15) is 27.2 Å². The first-order chi connectivity index (χ1) is 7.00. The molecule has 15 heavy (non-hydrogen) atoms. The SMILES string of the molecule is C=C/C=C1\C(=C/C=C)NC(C)(C)CC1C. The van der Waals surface area contributed by atoms with Gasteiger partial charge in [0.15, 0.2) is 0 Å². The normalized spacial score (nSPS) is 29.9. The highest BCUT2D eigenvalue weighted by molar-refractivity contribution is 5.39. The Hall–Kier alpha value is -1.24. The molecule has 1 unspecified atom stereocenters. The molecule has 0 amide bonds. The van der Waals surface area contributed by atoms with Gasteiger partial charge >= 0.3 is 0 Å². The van der Waals surface area contributed by atoms with Crippen molar-refractivity contribution in [3.05, 3.63) is 48.7 Å². The van der Waals surface area contributed by atoms with Crippen LogP contribution in [0.25, 0.3) is 0 Å². The Labute approximate surface area is 93.3 Å². The smallest absolute Gasteiger partial charge is 0.0379 e. The molecule has 1 nitrogen and oxygen atoms in total. The van der Waals surface area contributed by atoms with E-state index in [2.05, 4.69) is 45.3 Å². The van der Waals surface area contributed by atoms with Crippen molar-refractivity contribution in [1.29, 1.82) is 0 Å². The molecule has 1 N–H and O–H groups in total. The quantitative estimate of drug-likeness (QED) is 0.723. The fourth-order valence-corrected chi connectivity index (χ4v) is 2.27. The van der Waals surface area contributed by atoms with Gasteiger partial charge in [-0.05, 0) is 37.8 Å². The summed E-state index contributed by atoms with van der Waals surface area (Å²) in [6.07, 6.45) is 8.94. The molecule has 0 saturated carbocycles. The highest BCUT2D eigenvalue weighted by atomic mass is 15.0. The minimum Gasteiger partial charge on any atom is -0.380 e. The van der Waals surface area contributed by atoms with Gasteiger partial charge in [-0.2, -0.15) is 0 Å². The van der Waals surface area contributed by atoms with E-state index in [9.17, 15) is 0 Å². The summed E-state index contributed by atoms with van der Waals surface area (Å²) in [6.45, 7) is 14.2. The highest BCUT2D eigenvalue weighted by Gasteiger charge is 2.30. The third-order valence-electron chi connectivity index (χ3n) is 2.71. The Balaban J connectivity index is 3.06. The molecule has 1 atom stereocenters. The molecule has 0 aliphatic carbocycles. The van der Waals surface area contributed by atoms with Crippen LogP contribution in [0.15, 0.2) is 48.7 Å². The Kier molecular flexibility index (Phi) is 3.57. The summed E-state index contributed by atoms with van der Waals surface area (Å²) in [5.41, 5.74) is 2.66. The van der Waals surface area contributed by atoms with Crippen LogP contribution in [0.3, 0.4) is 0 Å². The van der Waals surface area contributed by atoms with Crippen molar-refractivity contribution in [2.24, 2.45) is 5.92 Å². The molecule has 0 aromatic carbocycles. The lowest BCUT2D eigenvalue weighted by Gasteiger charge is -2.39. The van der Waals surface area contributed by atoms with Crippen molar-refractivity contribution >= 4 is 0 Å². The zero-order valence-electron chi connectivity index (χ0n) is 10.0. The fraction of sp³-hybridized carbons (Fsp3) is 0.429. The molecule has 1 heterocycles. The van der Waals surface area contributed by atoms with Crippen LogP contribution in [0.4, 0.5) is 0 Å². The summed E-state index contributed by atoms with van der Waals surface area (Å²) >= 11 is 0. The summed E-state index contributed by atoms with van der Waals surface area (Å²) in [5.74, 6) is 0.561. The molecule has 1 rings (SSSR count). The molecule has 1 fully saturated rings. The van der Waals surface area contributed by atoms with Crippen LogP contribution in [0.5, 0.6) is 0 Å². The van der Waals surface area contributed by atoms with Crippen molar-refractivity contribution in [1.82, 2.24) is 5.32 Å². The number of hydrogen-bond acceptors (Lipinski definition) is 1. The predicted octanol–water partition coefficient (Wildman–Crippen LogP) is 3.58. The lowest BCUT2D eigenvalue weighted by Crippen LogP contribution is -2.45. The van der Waals surface area contributed by atoms with E-state index in [4.69, 9.17) is 0 Å². The Morgan fingerprint density at radius 1 is 1.27 bits per heavy atom. The third kappa shape index (κ3) is 2.85. The van der Waals surface area contributed by atoms with E-state index in [0.29, 0.717) is 5.92 Å². The zero-order valence-corrected chi connectivity index (χ0v) is 10.0. The first kappa shape index (κ1) is 11.8. The number of nitrogens with one attached hydrogen (secondary N) is 1. The van der Waals surface area contributed by atoms with Gasteiger partial charge in [-0.25, -0.2) is 0 Å². The van der Waals surface area contributed by atoms with Gasteiger partial charge in [0, 0.05) is 11.2 Å². The molecule has 1 saturated heterocycles. The van der Waals surface area contributed by atoms with Crippen LogP contribution < -0.4 is 5.32 Å². The topological polar surface area (TPSA) is 12.0 Å². The maximum Gasteiger partial charge on any atom is 0.0379 e. The maximum absolute atomic E-state index is 3.76. The van der Waals surface area contributed by atoms with Gasteiger partial charge in [-0.15, -0.1) is 0 Å². The first-order valence-corrected chi connectivity index (χ1v) is 5.44. The maximum atomic E-state index is 3.76. The van der Waals surface area contributed by atoms with Gasteiger partial charge in [0.2, 0.25) is 0 Å². The molecule has 0 radical (unpaired) electrons.